The summed E-state index contributed by atoms with van der Waals surface area (Å²) < 4.78 is 11.0. The highest BCUT2D eigenvalue weighted by atomic mass is 16.5. The summed E-state index contributed by atoms with van der Waals surface area (Å²) in [5, 5.41) is 18.7. The summed E-state index contributed by atoms with van der Waals surface area (Å²) in [4.78, 5) is 0. The van der Waals surface area contributed by atoms with E-state index in [1.807, 2.05) is 6.92 Å². The molecule has 1 fully saturated rings. The molecule has 0 aromatic rings. The first-order valence-electron chi connectivity index (χ1n) is 6.19. The van der Waals surface area contributed by atoms with Gasteiger partial charge in [0.05, 0.1) is 37.6 Å². The second-order valence-electron chi connectivity index (χ2n) is 4.72. The van der Waals surface area contributed by atoms with Crippen molar-refractivity contribution in [3.05, 3.63) is 0 Å². The van der Waals surface area contributed by atoms with Crippen LogP contribution in [0.4, 0.5) is 0 Å². The lowest BCUT2D eigenvalue weighted by Crippen LogP contribution is -2.34. The van der Waals surface area contributed by atoms with Gasteiger partial charge in [-0.3, -0.25) is 0 Å². The van der Waals surface area contributed by atoms with Crippen LogP contribution in [0.3, 0.4) is 0 Å². The van der Waals surface area contributed by atoms with Gasteiger partial charge in [0.1, 0.15) is 0 Å². The van der Waals surface area contributed by atoms with E-state index in [-0.39, 0.29) is 18.3 Å². The van der Waals surface area contributed by atoms with E-state index in [0.717, 1.165) is 25.7 Å². The summed E-state index contributed by atoms with van der Waals surface area (Å²) in [5.74, 6) is 0. The molecule has 4 atom stereocenters. The molecule has 0 aliphatic heterocycles. The van der Waals surface area contributed by atoms with Gasteiger partial charge >= 0.3 is 0 Å². The van der Waals surface area contributed by atoms with Crippen LogP contribution in [0.5, 0.6) is 0 Å². The highest BCUT2D eigenvalue weighted by molar-refractivity contribution is 4.75. The van der Waals surface area contributed by atoms with Crippen LogP contribution in [0.15, 0.2) is 0 Å². The van der Waals surface area contributed by atoms with E-state index in [2.05, 4.69) is 0 Å². The Kier molecular flexibility index (Phi) is 6.28. The summed E-state index contributed by atoms with van der Waals surface area (Å²) in [7, 11) is 0. The molecule has 2 N–H and O–H groups in total. The van der Waals surface area contributed by atoms with Gasteiger partial charge in [0.25, 0.3) is 0 Å². The lowest BCUT2D eigenvalue weighted by molar-refractivity contribution is -0.0988. The lowest BCUT2D eigenvalue weighted by Gasteiger charge is -2.28. The fourth-order valence-corrected chi connectivity index (χ4v) is 1.88. The monoisotopic (exact) mass is 232 g/mol. The quantitative estimate of drug-likeness (QED) is 0.720. The minimum absolute atomic E-state index is 0.0358. The predicted octanol–water partition coefficient (Wildman–Crippen LogP) is 1.09. The Bertz CT molecular complexity index is 184. The Morgan fingerprint density at radius 1 is 1.19 bits per heavy atom. The average Bonchev–Trinajstić information content (AvgIpc) is 2.25. The van der Waals surface area contributed by atoms with Crippen LogP contribution < -0.4 is 0 Å². The van der Waals surface area contributed by atoms with E-state index in [1.165, 1.54) is 0 Å². The number of hydrogen-bond acceptors (Lipinski definition) is 4. The average molecular weight is 232 g/mol. The molecule has 4 heteroatoms. The zero-order valence-electron chi connectivity index (χ0n) is 10.3. The molecule has 1 saturated carbocycles. The molecule has 0 aromatic carbocycles. The molecule has 1 aliphatic carbocycles. The first-order chi connectivity index (χ1) is 7.59. The number of hydrogen-bond donors (Lipinski definition) is 2. The van der Waals surface area contributed by atoms with Gasteiger partial charge in [0, 0.05) is 0 Å². The molecular formula is C12H24O4. The molecule has 0 radical (unpaired) electrons. The van der Waals surface area contributed by atoms with Crippen LogP contribution in [-0.4, -0.2) is 47.8 Å². The summed E-state index contributed by atoms with van der Waals surface area (Å²) in [5.41, 5.74) is 0. The molecule has 0 bridgehead atoms. The Morgan fingerprint density at radius 2 is 1.88 bits per heavy atom. The molecule has 0 saturated heterocycles. The largest absolute Gasteiger partial charge is 0.391 e. The smallest absolute Gasteiger partial charge is 0.0835 e. The van der Waals surface area contributed by atoms with Crippen molar-refractivity contribution in [2.24, 2.45) is 0 Å². The molecule has 1 rings (SSSR count). The second kappa shape index (κ2) is 7.22. The van der Waals surface area contributed by atoms with Crippen molar-refractivity contribution in [1.29, 1.82) is 0 Å². The van der Waals surface area contributed by atoms with Gasteiger partial charge in [-0.25, -0.2) is 0 Å². The van der Waals surface area contributed by atoms with Crippen molar-refractivity contribution >= 4 is 0 Å². The van der Waals surface area contributed by atoms with Crippen LogP contribution in [-0.2, 0) is 9.47 Å². The minimum atomic E-state index is -0.442. The summed E-state index contributed by atoms with van der Waals surface area (Å²) in [6.45, 7) is 4.42. The third-order valence-corrected chi connectivity index (χ3v) is 2.83. The molecule has 1 aliphatic rings. The molecule has 16 heavy (non-hydrogen) atoms. The van der Waals surface area contributed by atoms with Crippen molar-refractivity contribution < 1.29 is 19.7 Å². The third-order valence-electron chi connectivity index (χ3n) is 2.83. The van der Waals surface area contributed by atoms with Crippen LogP contribution >= 0.6 is 0 Å². The predicted molar refractivity (Wildman–Crippen MR) is 61.3 cm³/mol. The Hall–Kier alpha value is -0.160. The molecule has 4 unspecified atom stereocenters. The Labute approximate surface area is 97.6 Å². The van der Waals surface area contributed by atoms with Crippen molar-refractivity contribution in [2.45, 2.75) is 63.9 Å². The maximum Gasteiger partial charge on any atom is 0.0835 e. The summed E-state index contributed by atoms with van der Waals surface area (Å²) in [6, 6.07) is 0. The van der Waals surface area contributed by atoms with Gasteiger partial charge in [0.15, 0.2) is 0 Å². The Morgan fingerprint density at radius 3 is 2.50 bits per heavy atom. The molecule has 0 aromatic heterocycles. The molecular weight excluding hydrogens is 208 g/mol. The fraction of sp³-hybridized carbons (Fsp3) is 1.00. The van der Waals surface area contributed by atoms with Crippen LogP contribution in [0, 0.1) is 0 Å². The van der Waals surface area contributed by atoms with Crippen molar-refractivity contribution in [3.63, 3.8) is 0 Å². The van der Waals surface area contributed by atoms with E-state index >= 15 is 0 Å². The van der Waals surface area contributed by atoms with Crippen LogP contribution in [0.25, 0.3) is 0 Å². The number of rotatable bonds is 6. The fourth-order valence-electron chi connectivity index (χ4n) is 1.88. The van der Waals surface area contributed by atoms with Gasteiger partial charge in [-0.2, -0.15) is 0 Å². The molecule has 0 spiro atoms. The minimum Gasteiger partial charge on any atom is -0.391 e. The molecule has 0 amide bonds. The van der Waals surface area contributed by atoms with Gasteiger partial charge in [-0.05, 0) is 26.7 Å². The van der Waals surface area contributed by atoms with Crippen LogP contribution in [0.1, 0.15) is 39.5 Å². The maximum absolute atomic E-state index is 9.69. The third kappa shape index (κ3) is 5.25. The van der Waals surface area contributed by atoms with Gasteiger partial charge in [-0.1, -0.05) is 12.8 Å². The first-order valence-corrected chi connectivity index (χ1v) is 6.19. The molecule has 4 nitrogen and oxygen atoms in total. The van der Waals surface area contributed by atoms with Gasteiger partial charge in [0.2, 0.25) is 0 Å². The zero-order valence-corrected chi connectivity index (χ0v) is 10.3. The highest BCUT2D eigenvalue weighted by Gasteiger charge is 2.24. The summed E-state index contributed by atoms with van der Waals surface area (Å²) in [6.07, 6.45) is 3.16. The number of aliphatic hydroxyl groups is 2. The van der Waals surface area contributed by atoms with E-state index in [9.17, 15) is 5.11 Å². The van der Waals surface area contributed by atoms with E-state index in [1.54, 1.807) is 6.92 Å². The number of aliphatic hydroxyl groups excluding tert-OH is 2. The van der Waals surface area contributed by atoms with E-state index in [4.69, 9.17) is 14.6 Å². The SMILES string of the molecule is CC(O)COC(C)COC1CCCCC1O. The van der Waals surface area contributed by atoms with E-state index < -0.39 is 6.10 Å². The van der Waals surface area contributed by atoms with Crippen molar-refractivity contribution in [1.82, 2.24) is 0 Å². The first kappa shape index (κ1) is 13.9. The van der Waals surface area contributed by atoms with E-state index in [0.29, 0.717) is 13.2 Å². The van der Waals surface area contributed by atoms with Gasteiger partial charge in [-0.15, -0.1) is 0 Å². The summed E-state index contributed by atoms with van der Waals surface area (Å²) >= 11 is 0. The lowest BCUT2D eigenvalue weighted by atomic mass is 9.95. The van der Waals surface area contributed by atoms with Crippen molar-refractivity contribution in [2.75, 3.05) is 13.2 Å². The normalized spacial score (nSPS) is 30.0. The second-order valence-corrected chi connectivity index (χ2v) is 4.72. The molecule has 0 heterocycles. The van der Waals surface area contributed by atoms with Crippen LogP contribution in [0.2, 0.25) is 0 Å². The van der Waals surface area contributed by atoms with Crippen molar-refractivity contribution in [3.8, 4) is 0 Å². The standard InChI is InChI=1S/C12H24O4/c1-9(13)7-15-10(2)8-16-12-6-4-3-5-11(12)14/h9-14H,3-8H2,1-2H3. The maximum atomic E-state index is 9.69. The van der Waals surface area contributed by atoms with Gasteiger partial charge < -0.3 is 19.7 Å². The highest BCUT2D eigenvalue weighted by Crippen LogP contribution is 2.21. The Balaban J connectivity index is 2.12. The number of ether oxygens (including phenoxy) is 2. The molecule has 96 valence electrons. The zero-order chi connectivity index (χ0) is 12.0. The topological polar surface area (TPSA) is 58.9 Å².